The normalized spacial score (nSPS) is 14.8. The van der Waals surface area contributed by atoms with Crippen LogP contribution in [0.15, 0.2) is 30.3 Å². The molecule has 8 nitrogen and oxygen atoms in total. The van der Waals surface area contributed by atoms with Gasteiger partial charge in [0.2, 0.25) is 5.91 Å². The van der Waals surface area contributed by atoms with Crippen LogP contribution in [0.2, 0.25) is 0 Å². The monoisotopic (exact) mass is 398 g/mol. The lowest BCUT2D eigenvalue weighted by Gasteiger charge is -2.22. The topological polar surface area (TPSA) is 95.6 Å². The van der Waals surface area contributed by atoms with E-state index in [4.69, 9.17) is 4.74 Å². The van der Waals surface area contributed by atoms with Crippen LogP contribution in [0.25, 0.3) is 0 Å². The lowest BCUT2D eigenvalue weighted by Crippen LogP contribution is -2.35. The summed E-state index contributed by atoms with van der Waals surface area (Å²) in [6.07, 6.45) is 0.254. The van der Waals surface area contributed by atoms with Gasteiger partial charge in [-0.2, -0.15) is 5.10 Å². The van der Waals surface area contributed by atoms with E-state index in [1.54, 1.807) is 34.1 Å². The maximum atomic E-state index is 12.8. The Morgan fingerprint density at radius 1 is 1.21 bits per heavy atom. The average Bonchev–Trinajstić information content (AvgIpc) is 3.15. The van der Waals surface area contributed by atoms with Crippen LogP contribution in [-0.2, 0) is 16.1 Å². The van der Waals surface area contributed by atoms with E-state index in [1.165, 1.54) is 7.11 Å². The quantitative estimate of drug-likeness (QED) is 0.779. The van der Waals surface area contributed by atoms with E-state index in [0.717, 1.165) is 11.3 Å². The first kappa shape index (κ1) is 20.6. The molecule has 1 aromatic carbocycles. The zero-order valence-electron chi connectivity index (χ0n) is 17.0. The zero-order valence-corrected chi connectivity index (χ0v) is 17.0. The van der Waals surface area contributed by atoms with Gasteiger partial charge < -0.3 is 14.5 Å². The van der Waals surface area contributed by atoms with Crippen molar-refractivity contribution in [2.45, 2.75) is 32.7 Å². The van der Waals surface area contributed by atoms with Gasteiger partial charge in [0.25, 0.3) is 5.91 Å². The third-order valence-corrected chi connectivity index (χ3v) is 5.04. The molecule has 2 heterocycles. The largest absolute Gasteiger partial charge is 0.465 e. The zero-order chi connectivity index (χ0) is 21.0. The van der Waals surface area contributed by atoms with Gasteiger partial charge in [-0.05, 0) is 29.7 Å². The van der Waals surface area contributed by atoms with E-state index in [1.807, 2.05) is 19.9 Å². The number of rotatable bonds is 5. The average molecular weight is 398 g/mol. The van der Waals surface area contributed by atoms with Gasteiger partial charge in [0.1, 0.15) is 5.69 Å². The fourth-order valence-electron chi connectivity index (χ4n) is 3.28. The van der Waals surface area contributed by atoms with Gasteiger partial charge in [0.05, 0.1) is 12.7 Å². The van der Waals surface area contributed by atoms with Crippen molar-refractivity contribution in [1.82, 2.24) is 20.0 Å². The maximum Gasteiger partial charge on any atom is 0.337 e. The third-order valence-electron chi connectivity index (χ3n) is 5.04. The van der Waals surface area contributed by atoms with Crippen molar-refractivity contribution < 1.29 is 19.1 Å². The van der Waals surface area contributed by atoms with Crippen molar-refractivity contribution in [2.75, 3.05) is 26.7 Å². The van der Waals surface area contributed by atoms with E-state index in [-0.39, 0.29) is 24.2 Å². The molecule has 0 unspecified atom stereocenters. The van der Waals surface area contributed by atoms with Crippen LogP contribution < -0.4 is 0 Å². The summed E-state index contributed by atoms with van der Waals surface area (Å²) in [5, 5.41) is 7.02. The molecule has 3 rings (SSSR count). The molecule has 1 fully saturated rings. The number of ether oxygens (including phenoxy) is 1. The summed E-state index contributed by atoms with van der Waals surface area (Å²) >= 11 is 0. The number of aromatic nitrogens is 2. The Morgan fingerprint density at radius 2 is 2.00 bits per heavy atom. The summed E-state index contributed by atoms with van der Waals surface area (Å²) in [5.74, 6) is -0.347. The highest BCUT2D eigenvalue weighted by Gasteiger charge is 2.26. The van der Waals surface area contributed by atoms with Crippen molar-refractivity contribution >= 4 is 17.8 Å². The second kappa shape index (κ2) is 8.89. The minimum absolute atomic E-state index is 0.0198. The molecule has 0 bridgehead atoms. The Labute approximate surface area is 169 Å². The Hall–Kier alpha value is -3.16. The SMILES string of the molecule is COC(=O)c1cccc(CN2CCN(C(=O)c3cc(C(C)C)[nH]n3)CCC2=O)c1. The highest BCUT2D eigenvalue weighted by Crippen LogP contribution is 2.16. The Kier molecular flexibility index (Phi) is 6.31. The minimum Gasteiger partial charge on any atom is -0.465 e. The molecule has 0 saturated carbocycles. The van der Waals surface area contributed by atoms with Crippen LogP contribution in [0.4, 0.5) is 0 Å². The summed E-state index contributed by atoms with van der Waals surface area (Å²) in [5.41, 5.74) is 2.57. The van der Waals surface area contributed by atoms with Crippen molar-refractivity contribution in [3.63, 3.8) is 0 Å². The van der Waals surface area contributed by atoms with Gasteiger partial charge in [-0.15, -0.1) is 0 Å². The second-order valence-corrected chi connectivity index (χ2v) is 7.41. The first-order chi connectivity index (χ1) is 13.9. The van der Waals surface area contributed by atoms with E-state index >= 15 is 0 Å². The summed E-state index contributed by atoms with van der Waals surface area (Å²) in [6, 6.07) is 8.81. The van der Waals surface area contributed by atoms with Crippen molar-refractivity contribution in [1.29, 1.82) is 0 Å². The molecule has 1 aliphatic rings. The summed E-state index contributed by atoms with van der Waals surface area (Å²) in [7, 11) is 1.34. The minimum atomic E-state index is -0.411. The van der Waals surface area contributed by atoms with Gasteiger partial charge in [-0.1, -0.05) is 26.0 Å². The Morgan fingerprint density at radius 3 is 2.69 bits per heavy atom. The van der Waals surface area contributed by atoms with Gasteiger partial charge in [-0.3, -0.25) is 14.7 Å². The highest BCUT2D eigenvalue weighted by atomic mass is 16.5. The number of nitrogens with zero attached hydrogens (tertiary/aromatic N) is 3. The number of nitrogens with one attached hydrogen (secondary N) is 1. The molecule has 29 heavy (non-hydrogen) atoms. The fourth-order valence-corrected chi connectivity index (χ4v) is 3.28. The smallest absolute Gasteiger partial charge is 0.337 e. The van der Waals surface area contributed by atoms with Gasteiger partial charge in [-0.25, -0.2) is 4.79 Å². The number of hydrogen-bond acceptors (Lipinski definition) is 5. The predicted octanol–water partition coefficient (Wildman–Crippen LogP) is 2.19. The van der Waals surface area contributed by atoms with Crippen LogP contribution in [0.1, 0.15) is 58.3 Å². The molecular formula is C21H26N4O4. The van der Waals surface area contributed by atoms with Crippen LogP contribution in [0.5, 0.6) is 0 Å². The Balaban J connectivity index is 1.66. The van der Waals surface area contributed by atoms with Gasteiger partial charge in [0.15, 0.2) is 0 Å². The number of H-pyrrole nitrogens is 1. The van der Waals surface area contributed by atoms with Crippen LogP contribution in [0.3, 0.4) is 0 Å². The van der Waals surface area contributed by atoms with E-state index in [0.29, 0.717) is 37.4 Å². The van der Waals surface area contributed by atoms with Crippen LogP contribution in [0, 0.1) is 0 Å². The number of hydrogen-bond donors (Lipinski definition) is 1. The molecule has 0 atom stereocenters. The molecule has 154 valence electrons. The Bertz CT molecular complexity index is 906. The molecule has 1 saturated heterocycles. The summed E-state index contributed by atoms with van der Waals surface area (Å²) in [6.45, 7) is 5.66. The number of carbonyl (C=O) groups excluding carboxylic acids is 3. The lowest BCUT2D eigenvalue weighted by molar-refractivity contribution is -0.130. The maximum absolute atomic E-state index is 12.8. The van der Waals surface area contributed by atoms with E-state index in [9.17, 15) is 14.4 Å². The van der Waals surface area contributed by atoms with Gasteiger partial charge in [0, 0.05) is 38.3 Å². The van der Waals surface area contributed by atoms with E-state index < -0.39 is 5.97 Å². The van der Waals surface area contributed by atoms with Gasteiger partial charge >= 0.3 is 5.97 Å². The highest BCUT2D eigenvalue weighted by molar-refractivity contribution is 5.93. The number of methoxy groups -OCH3 is 1. The number of esters is 1. The number of amides is 2. The molecule has 1 N–H and O–H groups in total. The molecular weight excluding hydrogens is 372 g/mol. The number of benzene rings is 1. The van der Waals surface area contributed by atoms with Crippen molar-refractivity contribution in [3.05, 3.63) is 52.8 Å². The third kappa shape index (κ3) is 4.82. The fraction of sp³-hybridized carbons (Fsp3) is 0.429. The molecule has 0 spiro atoms. The number of carbonyl (C=O) groups is 3. The molecule has 0 aliphatic carbocycles. The number of aromatic amines is 1. The van der Waals surface area contributed by atoms with Crippen molar-refractivity contribution in [3.8, 4) is 0 Å². The van der Waals surface area contributed by atoms with Crippen LogP contribution in [-0.4, -0.2) is 64.5 Å². The predicted molar refractivity (Wildman–Crippen MR) is 106 cm³/mol. The molecule has 2 amide bonds. The summed E-state index contributed by atoms with van der Waals surface area (Å²) < 4.78 is 4.75. The molecule has 0 radical (unpaired) electrons. The first-order valence-corrected chi connectivity index (χ1v) is 9.68. The summed E-state index contributed by atoms with van der Waals surface area (Å²) in [4.78, 5) is 40.4. The van der Waals surface area contributed by atoms with Crippen LogP contribution >= 0.6 is 0 Å². The first-order valence-electron chi connectivity index (χ1n) is 9.68. The molecule has 1 aromatic heterocycles. The van der Waals surface area contributed by atoms with Crippen molar-refractivity contribution in [2.24, 2.45) is 0 Å². The lowest BCUT2D eigenvalue weighted by atomic mass is 10.1. The second-order valence-electron chi connectivity index (χ2n) is 7.41. The molecule has 1 aliphatic heterocycles. The standard InChI is InChI=1S/C21H26N4O4/c1-14(2)17-12-18(23-22-17)20(27)24-8-7-19(26)25(10-9-24)13-15-5-4-6-16(11-15)21(28)29-3/h4-6,11-12,14H,7-10,13H2,1-3H3,(H,22,23). The molecule has 2 aromatic rings. The molecule has 8 heteroatoms. The van der Waals surface area contributed by atoms with E-state index in [2.05, 4.69) is 10.2 Å².